The van der Waals surface area contributed by atoms with Crippen molar-refractivity contribution >= 4 is 11.8 Å². The Bertz CT molecular complexity index is 396. The maximum absolute atomic E-state index is 12.0. The number of Topliss-reactive ketones (excluding diaryl/α,β-unsaturated/α-hetero) is 1. The molecule has 0 bridgehead atoms. The highest BCUT2D eigenvalue weighted by atomic mass is 16.6. The summed E-state index contributed by atoms with van der Waals surface area (Å²) in [7, 11) is 0. The van der Waals surface area contributed by atoms with Crippen molar-refractivity contribution in [1.82, 2.24) is 0 Å². The van der Waals surface area contributed by atoms with Gasteiger partial charge in [0.05, 0.1) is 6.61 Å². The fourth-order valence-corrected chi connectivity index (χ4v) is 3.38. The van der Waals surface area contributed by atoms with Crippen LogP contribution in [0.1, 0.15) is 67.2 Å². The van der Waals surface area contributed by atoms with Gasteiger partial charge in [-0.3, -0.25) is 9.59 Å². The number of carbonyl (C=O) groups is 2. The minimum Gasteiger partial charge on any atom is -0.460 e. The van der Waals surface area contributed by atoms with E-state index in [0.29, 0.717) is 25.4 Å². The second-order valence-electron chi connectivity index (χ2n) is 7.98. The summed E-state index contributed by atoms with van der Waals surface area (Å²) in [5, 5.41) is 0. The first-order chi connectivity index (χ1) is 10.1. The Labute approximate surface area is 134 Å². The Kier molecular flexibility index (Phi) is 6.60. The van der Waals surface area contributed by atoms with Crippen LogP contribution in [0.15, 0.2) is 0 Å². The van der Waals surface area contributed by atoms with Gasteiger partial charge in [0.1, 0.15) is 12.2 Å². The smallest absolute Gasteiger partial charge is 0.306 e. The molecule has 3 unspecified atom stereocenters. The second kappa shape index (κ2) is 7.58. The van der Waals surface area contributed by atoms with Gasteiger partial charge in [-0.05, 0) is 39.0 Å². The molecule has 0 amide bonds. The van der Waals surface area contributed by atoms with Gasteiger partial charge in [0, 0.05) is 18.3 Å². The summed E-state index contributed by atoms with van der Waals surface area (Å²) in [5.41, 5.74) is -0.583. The van der Waals surface area contributed by atoms with Gasteiger partial charge >= 0.3 is 5.97 Å². The summed E-state index contributed by atoms with van der Waals surface area (Å²) >= 11 is 0. The predicted octanol–water partition coefficient (Wildman–Crippen LogP) is 3.77. The first-order valence-corrected chi connectivity index (χ1v) is 8.39. The molecule has 4 nitrogen and oxygen atoms in total. The molecule has 1 rings (SSSR count). The average molecular weight is 312 g/mol. The molecule has 1 heterocycles. The van der Waals surface area contributed by atoms with Crippen LogP contribution in [0.25, 0.3) is 0 Å². The van der Waals surface area contributed by atoms with Crippen LogP contribution < -0.4 is 0 Å². The number of hydrogen-bond acceptors (Lipinski definition) is 4. The molecule has 1 saturated heterocycles. The normalized spacial score (nSPS) is 25.6. The van der Waals surface area contributed by atoms with E-state index in [1.54, 1.807) is 0 Å². The Morgan fingerprint density at radius 1 is 1.36 bits per heavy atom. The van der Waals surface area contributed by atoms with E-state index in [0.717, 1.165) is 12.8 Å². The molecule has 128 valence electrons. The summed E-state index contributed by atoms with van der Waals surface area (Å²) < 4.78 is 10.9. The lowest BCUT2D eigenvalue weighted by Crippen LogP contribution is -2.43. The molecule has 1 aliphatic heterocycles. The number of carbonyl (C=O) groups excluding carboxylic acids is 2. The second-order valence-corrected chi connectivity index (χ2v) is 7.98. The molecule has 3 atom stereocenters. The number of rotatable bonds is 6. The molecule has 0 aromatic rings. The quantitative estimate of drug-likeness (QED) is 0.701. The van der Waals surface area contributed by atoms with Crippen molar-refractivity contribution in [3.8, 4) is 0 Å². The highest BCUT2D eigenvalue weighted by Gasteiger charge is 2.41. The van der Waals surface area contributed by atoms with Crippen molar-refractivity contribution in [3.63, 3.8) is 0 Å². The van der Waals surface area contributed by atoms with E-state index in [4.69, 9.17) is 9.47 Å². The summed E-state index contributed by atoms with van der Waals surface area (Å²) in [6.45, 7) is 12.9. The summed E-state index contributed by atoms with van der Waals surface area (Å²) in [6.07, 6.45) is 2.80. The zero-order chi connectivity index (χ0) is 17.0. The number of ketones is 1. The Balaban J connectivity index is 2.69. The van der Waals surface area contributed by atoms with Crippen LogP contribution in [0.3, 0.4) is 0 Å². The van der Waals surface area contributed by atoms with Crippen molar-refractivity contribution < 1.29 is 19.1 Å². The number of esters is 1. The minimum atomic E-state index is -0.449. The van der Waals surface area contributed by atoms with Crippen LogP contribution in [0, 0.1) is 17.3 Å². The van der Waals surface area contributed by atoms with Crippen molar-refractivity contribution in [2.75, 3.05) is 13.2 Å². The lowest BCUT2D eigenvalue weighted by Gasteiger charge is -2.42. The first kappa shape index (κ1) is 19.1. The largest absolute Gasteiger partial charge is 0.460 e. The molecule has 1 fully saturated rings. The van der Waals surface area contributed by atoms with Crippen LogP contribution in [0.4, 0.5) is 0 Å². The summed E-state index contributed by atoms with van der Waals surface area (Å²) in [6, 6.07) is 0. The van der Waals surface area contributed by atoms with Crippen molar-refractivity contribution in [2.24, 2.45) is 17.3 Å². The number of ether oxygens (including phenoxy) is 2. The Morgan fingerprint density at radius 3 is 2.50 bits per heavy atom. The molecule has 4 heteroatoms. The number of hydrogen-bond donors (Lipinski definition) is 0. The Hall–Kier alpha value is -0.900. The van der Waals surface area contributed by atoms with Crippen LogP contribution in [0.5, 0.6) is 0 Å². The van der Waals surface area contributed by atoms with Crippen LogP contribution >= 0.6 is 0 Å². The van der Waals surface area contributed by atoms with Gasteiger partial charge in [0.15, 0.2) is 5.78 Å². The van der Waals surface area contributed by atoms with Gasteiger partial charge in [0.2, 0.25) is 0 Å². The molecule has 22 heavy (non-hydrogen) atoms. The third-order valence-electron chi connectivity index (χ3n) is 4.55. The Morgan fingerprint density at radius 2 is 2.00 bits per heavy atom. The van der Waals surface area contributed by atoms with Crippen molar-refractivity contribution in [2.45, 2.75) is 72.8 Å². The van der Waals surface area contributed by atoms with E-state index in [1.165, 1.54) is 0 Å². The maximum atomic E-state index is 12.0. The van der Waals surface area contributed by atoms with Gasteiger partial charge in [-0.1, -0.05) is 27.2 Å². The highest BCUT2D eigenvalue weighted by Crippen LogP contribution is 2.43. The average Bonchev–Trinajstić information content (AvgIpc) is 2.34. The molecule has 1 aliphatic rings. The molecule has 0 aromatic carbocycles. The van der Waals surface area contributed by atoms with E-state index >= 15 is 0 Å². The molecule has 0 radical (unpaired) electrons. The van der Waals surface area contributed by atoms with Gasteiger partial charge in [-0.25, -0.2) is 0 Å². The third-order valence-corrected chi connectivity index (χ3v) is 4.55. The fraction of sp³-hybridized carbons (Fsp3) is 0.889. The van der Waals surface area contributed by atoms with Gasteiger partial charge in [-0.2, -0.15) is 0 Å². The van der Waals surface area contributed by atoms with E-state index in [-0.39, 0.29) is 29.7 Å². The van der Waals surface area contributed by atoms with Gasteiger partial charge in [-0.15, -0.1) is 0 Å². The van der Waals surface area contributed by atoms with Gasteiger partial charge < -0.3 is 9.47 Å². The molecule has 0 aromatic heterocycles. The molecular weight excluding hydrogens is 280 g/mol. The van der Waals surface area contributed by atoms with E-state index < -0.39 is 5.60 Å². The molecule has 0 spiro atoms. The summed E-state index contributed by atoms with van der Waals surface area (Å²) in [4.78, 5) is 23.9. The third kappa shape index (κ3) is 5.71. The maximum Gasteiger partial charge on any atom is 0.306 e. The van der Waals surface area contributed by atoms with E-state index in [9.17, 15) is 9.59 Å². The minimum absolute atomic E-state index is 0.133. The molecule has 0 aliphatic carbocycles. The standard InChI is InChI=1S/C18H32O4/c1-7-14(3)18(10-15(19)11-21-12-18)9-13(2)8-16(20)22-17(4,5)6/h13-14H,7-12H2,1-6H3. The predicted molar refractivity (Wildman–Crippen MR) is 86.6 cm³/mol. The van der Waals surface area contributed by atoms with Gasteiger partial charge in [0.25, 0.3) is 0 Å². The molecular formula is C18H32O4. The highest BCUT2D eigenvalue weighted by molar-refractivity contribution is 5.81. The molecule has 0 saturated carbocycles. The van der Waals surface area contributed by atoms with Crippen LogP contribution in [-0.4, -0.2) is 30.6 Å². The van der Waals surface area contributed by atoms with Crippen molar-refractivity contribution in [1.29, 1.82) is 0 Å². The topological polar surface area (TPSA) is 52.6 Å². The van der Waals surface area contributed by atoms with Crippen LogP contribution in [-0.2, 0) is 19.1 Å². The lowest BCUT2D eigenvalue weighted by atomic mass is 9.66. The zero-order valence-corrected chi connectivity index (χ0v) is 15.0. The zero-order valence-electron chi connectivity index (χ0n) is 15.0. The molecule has 0 N–H and O–H groups in total. The first-order valence-electron chi connectivity index (χ1n) is 8.39. The monoisotopic (exact) mass is 312 g/mol. The van der Waals surface area contributed by atoms with E-state index in [1.807, 2.05) is 20.8 Å². The SMILES string of the molecule is CCC(C)C1(CC(C)CC(=O)OC(C)(C)C)COCC(=O)C1. The summed E-state index contributed by atoms with van der Waals surface area (Å²) in [5.74, 6) is 0.592. The lowest BCUT2D eigenvalue weighted by molar-refractivity contribution is -0.156. The van der Waals surface area contributed by atoms with Crippen LogP contribution in [0.2, 0.25) is 0 Å². The van der Waals surface area contributed by atoms with E-state index in [2.05, 4.69) is 20.8 Å². The van der Waals surface area contributed by atoms with Crippen molar-refractivity contribution in [3.05, 3.63) is 0 Å². The fourth-order valence-electron chi connectivity index (χ4n) is 3.38.